The highest BCUT2D eigenvalue weighted by atomic mass is 32.2. The predicted molar refractivity (Wildman–Crippen MR) is 107 cm³/mol. The van der Waals surface area contributed by atoms with Crippen molar-refractivity contribution in [1.82, 2.24) is 15.2 Å². The third-order valence-electron chi connectivity index (χ3n) is 5.02. The van der Waals surface area contributed by atoms with Gasteiger partial charge in [-0.15, -0.1) is 0 Å². The molecule has 0 aliphatic carbocycles. The average Bonchev–Trinajstić information content (AvgIpc) is 3.04. The number of aryl methyl sites for hydroxylation is 2. The van der Waals surface area contributed by atoms with Crippen molar-refractivity contribution < 1.29 is 22.4 Å². The lowest BCUT2D eigenvalue weighted by Gasteiger charge is -2.32. The fraction of sp³-hybridized carbons (Fsp3) is 0.400. The third-order valence-corrected chi connectivity index (χ3v) is 7.03. The van der Waals surface area contributed by atoms with Crippen molar-refractivity contribution in [3.8, 4) is 0 Å². The first-order valence-electron chi connectivity index (χ1n) is 9.50. The molecule has 0 radical (unpaired) electrons. The molecule has 0 unspecified atom stereocenters. The minimum Gasteiger partial charge on any atom is -0.466 e. The number of sulfonamides is 1. The topological polar surface area (TPSA) is 109 Å². The summed E-state index contributed by atoms with van der Waals surface area (Å²) in [5, 5.41) is 0. The zero-order valence-electron chi connectivity index (χ0n) is 16.7. The number of hydrazine groups is 1. The van der Waals surface area contributed by atoms with Crippen molar-refractivity contribution in [2.24, 2.45) is 0 Å². The van der Waals surface area contributed by atoms with Crippen LogP contribution in [0.3, 0.4) is 0 Å². The largest absolute Gasteiger partial charge is 0.466 e. The molecular formula is C20H25N3O5S. The summed E-state index contributed by atoms with van der Waals surface area (Å²) in [6, 6.07) is 7.31. The molecule has 2 heterocycles. The molecule has 9 heteroatoms. The first kappa shape index (κ1) is 21.1. The summed E-state index contributed by atoms with van der Waals surface area (Å²) in [5.41, 5.74) is 5.09. The van der Waals surface area contributed by atoms with Crippen LogP contribution in [-0.4, -0.2) is 37.1 Å². The van der Waals surface area contributed by atoms with Gasteiger partial charge in [0.15, 0.2) is 0 Å². The highest BCUT2D eigenvalue weighted by Crippen LogP contribution is 2.25. The molecule has 1 aromatic heterocycles. The molecule has 3 rings (SSSR count). The van der Waals surface area contributed by atoms with Crippen molar-refractivity contribution in [1.29, 1.82) is 0 Å². The summed E-state index contributed by atoms with van der Waals surface area (Å²) >= 11 is 0. The van der Waals surface area contributed by atoms with Gasteiger partial charge in [-0.3, -0.25) is 20.4 Å². The third kappa shape index (κ3) is 4.51. The molecule has 1 aromatic carbocycles. The van der Waals surface area contributed by atoms with Crippen LogP contribution in [0.15, 0.2) is 39.6 Å². The van der Waals surface area contributed by atoms with Crippen molar-refractivity contribution in [3.63, 3.8) is 0 Å². The lowest BCUT2D eigenvalue weighted by molar-refractivity contribution is 0.0845. The molecule has 2 N–H and O–H groups in total. The molecule has 0 bridgehead atoms. The monoisotopic (exact) mass is 419 g/mol. The predicted octanol–water partition coefficient (Wildman–Crippen LogP) is 2.53. The number of hydrogen-bond donors (Lipinski definition) is 2. The second-order valence-corrected chi connectivity index (χ2v) is 9.11. The summed E-state index contributed by atoms with van der Waals surface area (Å²) in [6.45, 7) is 5.74. The molecule has 1 fully saturated rings. The van der Waals surface area contributed by atoms with E-state index in [0.717, 1.165) is 19.3 Å². The molecule has 1 atom stereocenters. The van der Waals surface area contributed by atoms with Gasteiger partial charge in [-0.2, -0.15) is 4.31 Å². The molecular weight excluding hydrogens is 394 g/mol. The second-order valence-electron chi connectivity index (χ2n) is 7.22. The fourth-order valence-electron chi connectivity index (χ4n) is 3.47. The van der Waals surface area contributed by atoms with Crippen molar-refractivity contribution >= 4 is 21.8 Å². The van der Waals surface area contributed by atoms with Gasteiger partial charge in [-0.1, -0.05) is 12.5 Å². The number of piperidine rings is 1. The maximum absolute atomic E-state index is 13.0. The van der Waals surface area contributed by atoms with Gasteiger partial charge in [-0.05, 0) is 57.9 Å². The van der Waals surface area contributed by atoms with E-state index in [2.05, 4.69) is 10.9 Å². The van der Waals surface area contributed by atoms with Crippen LogP contribution >= 0.6 is 0 Å². The lowest BCUT2D eigenvalue weighted by atomic mass is 10.1. The van der Waals surface area contributed by atoms with E-state index in [1.165, 1.54) is 28.6 Å². The Bertz CT molecular complexity index is 1030. The highest BCUT2D eigenvalue weighted by Gasteiger charge is 2.31. The van der Waals surface area contributed by atoms with Crippen molar-refractivity contribution in [3.05, 3.63) is 53.0 Å². The van der Waals surface area contributed by atoms with E-state index >= 15 is 0 Å². The van der Waals surface area contributed by atoms with Gasteiger partial charge in [0.25, 0.3) is 11.8 Å². The van der Waals surface area contributed by atoms with Crippen LogP contribution in [0.1, 0.15) is 58.4 Å². The molecule has 2 aromatic rings. The van der Waals surface area contributed by atoms with Crippen molar-refractivity contribution in [2.45, 2.75) is 51.0 Å². The number of rotatable bonds is 4. The van der Waals surface area contributed by atoms with E-state index < -0.39 is 21.8 Å². The van der Waals surface area contributed by atoms with E-state index in [9.17, 15) is 18.0 Å². The molecule has 8 nitrogen and oxygen atoms in total. The normalized spacial score (nSPS) is 17.7. The molecule has 1 aliphatic rings. The average molecular weight is 420 g/mol. The number of nitrogens with zero attached hydrogens (tertiary/aromatic N) is 1. The summed E-state index contributed by atoms with van der Waals surface area (Å²) in [4.78, 5) is 24.7. The Morgan fingerprint density at radius 3 is 2.48 bits per heavy atom. The molecule has 0 saturated carbocycles. The Labute approximate surface area is 170 Å². The van der Waals surface area contributed by atoms with Crippen LogP contribution in [0.25, 0.3) is 0 Å². The van der Waals surface area contributed by atoms with Crippen LogP contribution in [0, 0.1) is 13.8 Å². The Balaban J connectivity index is 1.72. The van der Waals surface area contributed by atoms with Gasteiger partial charge < -0.3 is 4.42 Å². The quantitative estimate of drug-likeness (QED) is 0.741. The summed E-state index contributed by atoms with van der Waals surface area (Å²) in [6.07, 6.45) is 2.64. The Morgan fingerprint density at radius 2 is 1.83 bits per heavy atom. The lowest BCUT2D eigenvalue weighted by Crippen LogP contribution is -2.42. The minimum atomic E-state index is -3.69. The zero-order chi connectivity index (χ0) is 21.2. The summed E-state index contributed by atoms with van der Waals surface area (Å²) in [7, 11) is -3.69. The molecule has 156 valence electrons. The van der Waals surface area contributed by atoms with Crippen LogP contribution < -0.4 is 10.9 Å². The van der Waals surface area contributed by atoms with Crippen LogP contribution in [0.2, 0.25) is 0 Å². The van der Waals surface area contributed by atoms with Gasteiger partial charge in [-0.25, -0.2) is 8.42 Å². The number of amides is 2. The smallest absolute Gasteiger partial charge is 0.273 e. The number of carbonyl (C=O) groups is 2. The summed E-state index contributed by atoms with van der Waals surface area (Å²) in [5.74, 6) is -0.0969. The maximum Gasteiger partial charge on any atom is 0.273 e. The highest BCUT2D eigenvalue weighted by molar-refractivity contribution is 7.89. The number of carbonyl (C=O) groups excluding carboxylic acids is 2. The SMILES string of the molecule is Cc1cc(C(=O)NNC(=O)c2cccc(S(=O)(=O)N3CCCC[C@H]3C)c2)c(C)o1. The van der Waals surface area contributed by atoms with Crippen LogP contribution in [0.5, 0.6) is 0 Å². The van der Waals surface area contributed by atoms with E-state index in [-0.39, 0.29) is 16.5 Å². The van der Waals surface area contributed by atoms with Gasteiger partial charge >= 0.3 is 0 Å². The standard InChI is InChI=1S/C20H25N3O5S/c1-13-7-4-5-10-23(13)29(26,27)17-9-6-8-16(12-17)19(24)21-22-20(25)18-11-14(2)28-15(18)3/h6,8-9,11-13H,4-5,7,10H2,1-3H3,(H,21,24)(H,22,25)/t13-/m1/s1. The first-order chi connectivity index (χ1) is 13.7. The zero-order valence-corrected chi connectivity index (χ0v) is 17.5. The first-order valence-corrected chi connectivity index (χ1v) is 10.9. The number of furan rings is 1. The number of hydrogen-bond acceptors (Lipinski definition) is 5. The molecule has 1 aliphatic heterocycles. The Hall–Kier alpha value is -2.65. The van der Waals surface area contributed by atoms with E-state index in [1.807, 2.05) is 6.92 Å². The second kappa shape index (κ2) is 8.38. The number of benzene rings is 1. The van der Waals surface area contributed by atoms with E-state index in [1.54, 1.807) is 19.9 Å². The summed E-state index contributed by atoms with van der Waals surface area (Å²) < 4.78 is 32.7. The van der Waals surface area contributed by atoms with Crippen LogP contribution in [0.4, 0.5) is 0 Å². The van der Waals surface area contributed by atoms with Gasteiger partial charge in [0.05, 0.1) is 10.5 Å². The van der Waals surface area contributed by atoms with Gasteiger partial charge in [0.2, 0.25) is 10.0 Å². The molecule has 0 spiro atoms. The van der Waals surface area contributed by atoms with E-state index in [0.29, 0.717) is 23.6 Å². The number of nitrogens with one attached hydrogen (secondary N) is 2. The molecule has 1 saturated heterocycles. The van der Waals surface area contributed by atoms with Gasteiger partial charge in [0, 0.05) is 18.2 Å². The Morgan fingerprint density at radius 1 is 1.10 bits per heavy atom. The fourth-order valence-corrected chi connectivity index (χ4v) is 5.22. The van der Waals surface area contributed by atoms with E-state index in [4.69, 9.17) is 4.42 Å². The maximum atomic E-state index is 13.0. The molecule has 2 amide bonds. The van der Waals surface area contributed by atoms with Crippen molar-refractivity contribution in [2.75, 3.05) is 6.54 Å². The Kier molecular flexibility index (Phi) is 6.09. The van der Waals surface area contributed by atoms with Crippen LogP contribution in [-0.2, 0) is 10.0 Å². The minimum absolute atomic E-state index is 0.0616. The molecule has 29 heavy (non-hydrogen) atoms. The van der Waals surface area contributed by atoms with Gasteiger partial charge in [0.1, 0.15) is 11.5 Å².